The van der Waals surface area contributed by atoms with Crippen molar-refractivity contribution >= 4 is 18.9 Å². The van der Waals surface area contributed by atoms with Crippen molar-refractivity contribution in [3.05, 3.63) is 28.8 Å². The molecule has 70 valence electrons. The van der Waals surface area contributed by atoms with Gasteiger partial charge in [0.15, 0.2) is 17.4 Å². The van der Waals surface area contributed by atoms with Crippen LogP contribution in [-0.4, -0.2) is 17.4 Å². The zero-order chi connectivity index (χ0) is 10.0. The van der Waals surface area contributed by atoms with E-state index in [0.717, 1.165) is 12.1 Å². The lowest BCUT2D eigenvalue weighted by Crippen LogP contribution is -2.22. The minimum atomic E-state index is -2.29. The number of benzene rings is 1. The van der Waals surface area contributed by atoms with Gasteiger partial charge in [-0.05, 0) is 12.1 Å². The predicted octanol–water partition coefficient (Wildman–Crippen LogP) is 0.966. The summed E-state index contributed by atoms with van der Waals surface area (Å²) in [6, 6.07) is 1.84. The minimum Gasteiger partial charge on any atom is -0.507 e. The summed E-state index contributed by atoms with van der Waals surface area (Å²) in [7, 11) is -2.29. The molecule has 1 aromatic rings. The molecule has 0 amide bonds. The first-order chi connectivity index (χ1) is 6.02. The van der Waals surface area contributed by atoms with Crippen LogP contribution >= 0.6 is 11.6 Å². The van der Waals surface area contributed by atoms with Crippen LogP contribution in [0.1, 0.15) is 0 Å². The zero-order valence-electron chi connectivity index (χ0n) is 6.17. The molecule has 1 rings (SSSR count). The van der Waals surface area contributed by atoms with Crippen LogP contribution in [0.2, 0.25) is 5.02 Å². The van der Waals surface area contributed by atoms with Gasteiger partial charge in [-0.15, -0.1) is 0 Å². The highest BCUT2D eigenvalue weighted by Crippen LogP contribution is 2.27. The van der Waals surface area contributed by atoms with E-state index in [4.69, 9.17) is 21.6 Å². The van der Waals surface area contributed by atoms with E-state index in [-0.39, 0.29) is 5.02 Å². The molecule has 0 bridgehead atoms. The van der Waals surface area contributed by atoms with Crippen molar-refractivity contribution in [2.24, 2.45) is 0 Å². The Kier molecular flexibility index (Phi) is 3.08. The van der Waals surface area contributed by atoms with Gasteiger partial charge in [0.1, 0.15) is 0 Å². The average Bonchev–Trinajstić information content (AvgIpc) is 2.05. The molecule has 7 heteroatoms. The van der Waals surface area contributed by atoms with E-state index < -0.39 is 24.7 Å². The van der Waals surface area contributed by atoms with Crippen LogP contribution in [0.25, 0.3) is 0 Å². The molecule has 0 saturated carbocycles. The largest absolute Gasteiger partial charge is 0.707 e. The molecule has 0 aliphatic carbocycles. The predicted molar refractivity (Wildman–Crippen MR) is 42.2 cm³/mol. The first kappa shape index (κ1) is 10.2. The summed E-state index contributed by atoms with van der Waals surface area (Å²) >= 11 is 5.28. The highest BCUT2D eigenvalue weighted by atomic mass is 35.5. The van der Waals surface area contributed by atoms with Crippen LogP contribution in [0.3, 0.4) is 0 Å². The van der Waals surface area contributed by atoms with Gasteiger partial charge in [-0.1, -0.05) is 11.6 Å². The number of halogens is 3. The van der Waals surface area contributed by atoms with E-state index in [0.29, 0.717) is 0 Å². The van der Waals surface area contributed by atoms with Crippen LogP contribution in [0.15, 0.2) is 12.1 Å². The smallest absolute Gasteiger partial charge is 0.507 e. The summed E-state index contributed by atoms with van der Waals surface area (Å²) in [6.07, 6.45) is 0. The molecule has 13 heavy (non-hydrogen) atoms. The maximum Gasteiger partial charge on any atom is 0.707 e. The molecule has 0 atom stereocenters. The maximum atomic E-state index is 12.9. The highest BCUT2D eigenvalue weighted by Gasteiger charge is 2.20. The van der Waals surface area contributed by atoms with Gasteiger partial charge in [0, 0.05) is 0 Å². The molecule has 0 heterocycles. The van der Waals surface area contributed by atoms with Gasteiger partial charge in [0.05, 0.1) is 5.02 Å². The van der Waals surface area contributed by atoms with Gasteiger partial charge >= 0.3 is 7.32 Å². The normalized spacial score (nSPS) is 9.92. The van der Waals surface area contributed by atoms with Gasteiger partial charge in [-0.3, -0.25) is 0 Å². The van der Waals surface area contributed by atoms with Crippen LogP contribution in [0.5, 0.6) is 5.75 Å². The second-order valence-electron chi connectivity index (χ2n) is 2.12. The fourth-order valence-electron chi connectivity index (χ4n) is 0.722. The van der Waals surface area contributed by atoms with E-state index in [1.165, 1.54) is 0 Å². The van der Waals surface area contributed by atoms with Crippen LogP contribution in [-0.2, 0) is 0 Å². The molecule has 0 aliphatic rings. The number of hydrogen-bond donors (Lipinski definition) is 2. The van der Waals surface area contributed by atoms with Crippen molar-refractivity contribution in [3.63, 3.8) is 0 Å². The Morgan fingerprint density at radius 2 is 1.92 bits per heavy atom. The lowest BCUT2D eigenvalue weighted by Gasteiger charge is -2.07. The first-order valence-electron chi connectivity index (χ1n) is 3.18. The summed E-state index contributed by atoms with van der Waals surface area (Å²) in [5, 5.41) is 16.2. The molecule has 0 aliphatic heterocycles. The summed E-state index contributed by atoms with van der Waals surface area (Å²) in [4.78, 5) is 0. The van der Waals surface area contributed by atoms with E-state index in [1.54, 1.807) is 0 Å². The molecular weight excluding hydrogens is 204 g/mol. The van der Waals surface area contributed by atoms with Gasteiger partial charge < -0.3 is 14.7 Å². The molecule has 1 aromatic carbocycles. The maximum absolute atomic E-state index is 12.9. The summed E-state index contributed by atoms with van der Waals surface area (Å²) in [5.74, 6) is -3.15. The quantitative estimate of drug-likeness (QED) is 0.562. The third-order valence-corrected chi connectivity index (χ3v) is 1.52. The standard InChI is InChI=1S/C6H4BClF2O3/c8-3-1-2-4(9)6(5(3)10)13-7(11)12/h1-2,11-12H. The Morgan fingerprint density at radius 3 is 2.46 bits per heavy atom. The molecular formula is C6H4BClF2O3. The first-order valence-corrected chi connectivity index (χ1v) is 3.56. The SMILES string of the molecule is OB(O)Oc1c(F)ccc(Cl)c1F. The van der Waals surface area contributed by atoms with Gasteiger partial charge in [0.25, 0.3) is 0 Å². The summed E-state index contributed by atoms with van der Waals surface area (Å²) < 4.78 is 29.7. The molecule has 0 unspecified atom stereocenters. The Bertz CT molecular complexity index is 321. The zero-order valence-corrected chi connectivity index (χ0v) is 6.92. The van der Waals surface area contributed by atoms with Crippen LogP contribution in [0, 0.1) is 11.6 Å². The van der Waals surface area contributed by atoms with E-state index in [9.17, 15) is 8.78 Å². The third kappa shape index (κ3) is 2.30. The highest BCUT2D eigenvalue weighted by molar-refractivity contribution is 6.34. The van der Waals surface area contributed by atoms with Crippen LogP contribution < -0.4 is 4.65 Å². The van der Waals surface area contributed by atoms with Crippen molar-refractivity contribution in [1.29, 1.82) is 0 Å². The Labute approximate surface area is 77.7 Å². The van der Waals surface area contributed by atoms with Crippen molar-refractivity contribution in [1.82, 2.24) is 0 Å². The summed E-state index contributed by atoms with van der Waals surface area (Å²) in [5.41, 5.74) is 0. The third-order valence-electron chi connectivity index (χ3n) is 1.23. The molecule has 0 radical (unpaired) electrons. The molecule has 2 N–H and O–H groups in total. The fourth-order valence-corrected chi connectivity index (χ4v) is 0.871. The van der Waals surface area contributed by atoms with Crippen molar-refractivity contribution in [2.45, 2.75) is 0 Å². The fraction of sp³-hybridized carbons (Fsp3) is 0. The Morgan fingerprint density at radius 1 is 1.31 bits per heavy atom. The van der Waals surface area contributed by atoms with E-state index in [2.05, 4.69) is 4.65 Å². The second-order valence-corrected chi connectivity index (χ2v) is 2.52. The average molecular weight is 208 g/mol. The lowest BCUT2D eigenvalue weighted by molar-refractivity contribution is 0.274. The monoisotopic (exact) mass is 208 g/mol. The molecule has 0 saturated heterocycles. The van der Waals surface area contributed by atoms with Crippen molar-refractivity contribution < 1.29 is 23.5 Å². The van der Waals surface area contributed by atoms with Crippen LogP contribution in [0.4, 0.5) is 8.78 Å². The van der Waals surface area contributed by atoms with Gasteiger partial charge in [-0.25, -0.2) is 8.78 Å². The molecule has 0 spiro atoms. The second kappa shape index (κ2) is 3.91. The Balaban J connectivity index is 3.10. The molecule has 0 aromatic heterocycles. The summed E-state index contributed by atoms with van der Waals surface area (Å²) in [6.45, 7) is 0. The molecule has 0 fully saturated rings. The van der Waals surface area contributed by atoms with E-state index >= 15 is 0 Å². The lowest BCUT2D eigenvalue weighted by atomic mass is 10.2. The van der Waals surface area contributed by atoms with Gasteiger partial charge in [0.2, 0.25) is 0 Å². The van der Waals surface area contributed by atoms with Crippen molar-refractivity contribution in [2.75, 3.05) is 0 Å². The van der Waals surface area contributed by atoms with E-state index in [1.807, 2.05) is 0 Å². The number of hydrogen-bond acceptors (Lipinski definition) is 3. The minimum absolute atomic E-state index is 0.364. The van der Waals surface area contributed by atoms with Crippen molar-refractivity contribution in [3.8, 4) is 5.75 Å². The molecule has 3 nitrogen and oxygen atoms in total. The Hall–Kier alpha value is -0.845. The van der Waals surface area contributed by atoms with Gasteiger partial charge in [-0.2, -0.15) is 0 Å². The number of rotatable bonds is 2. The topological polar surface area (TPSA) is 49.7 Å².